The Bertz CT molecular complexity index is 542. The zero-order chi connectivity index (χ0) is 12.4. The number of aromatic amines is 1. The van der Waals surface area contributed by atoms with E-state index in [2.05, 4.69) is 25.9 Å². The van der Waals surface area contributed by atoms with E-state index in [1.807, 2.05) is 0 Å². The fourth-order valence-corrected chi connectivity index (χ4v) is 2.45. The van der Waals surface area contributed by atoms with Crippen LogP contribution in [0.25, 0.3) is 11.4 Å². The lowest BCUT2D eigenvalue weighted by atomic mass is 10.2. The summed E-state index contributed by atoms with van der Waals surface area (Å²) in [7, 11) is 0. The number of hydrogen-bond acceptors (Lipinski definition) is 2. The van der Waals surface area contributed by atoms with Crippen LogP contribution in [0.15, 0.2) is 22.8 Å². The third-order valence-electron chi connectivity index (χ3n) is 2.28. The summed E-state index contributed by atoms with van der Waals surface area (Å²) in [4.78, 5) is 7.43. The lowest BCUT2D eigenvalue weighted by molar-refractivity contribution is 0.298. The van der Waals surface area contributed by atoms with Gasteiger partial charge in [0.15, 0.2) is 0 Å². The minimum absolute atomic E-state index is 0.0641. The Morgan fingerprint density at radius 3 is 2.76 bits per heavy atom. The first-order valence-corrected chi connectivity index (χ1v) is 6.47. The van der Waals surface area contributed by atoms with Gasteiger partial charge in [0.25, 0.3) is 0 Å². The third-order valence-corrected chi connectivity index (χ3v) is 3.48. The van der Waals surface area contributed by atoms with Crippen LogP contribution in [0.3, 0.4) is 0 Å². The van der Waals surface area contributed by atoms with Crippen molar-refractivity contribution in [3.8, 4) is 11.4 Å². The molecule has 0 saturated carbocycles. The largest absolute Gasteiger partial charge is 0.396 e. The highest BCUT2D eigenvalue weighted by molar-refractivity contribution is 9.10. The van der Waals surface area contributed by atoms with Crippen LogP contribution in [0.4, 0.5) is 0 Å². The fraction of sp³-hybridized carbons (Fsp3) is 0.182. The second-order valence-electron chi connectivity index (χ2n) is 3.45. The maximum atomic E-state index is 8.90. The highest BCUT2D eigenvalue weighted by atomic mass is 79.9. The molecule has 0 fully saturated rings. The fourth-order valence-electron chi connectivity index (χ4n) is 1.47. The van der Waals surface area contributed by atoms with Crippen molar-refractivity contribution in [2.24, 2.45) is 0 Å². The molecule has 0 bridgehead atoms. The summed E-state index contributed by atoms with van der Waals surface area (Å²) in [5, 5.41) is 10.0. The molecule has 2 aromatic rings. The van der Waals surface area contributed by atoms with Crippen molar-refractivity contribution in [3.05, 3.63) is 38.5 Å². The van der Waals surface area contributed by atoms with Crippen LogP contribution in [-0.4, -0.2) is 21.7 Å². The second kappa shape index (κ2) is 5.40. The molecule has 0 saturated heterocycles. The Labute approximate surface area is 117 Å². The van der Waals surface area contributed by atoms with Gasteiger partial charge in [0, 0.05) is 23.6 Å². The molecule has 0 spiro atoms. The second-order valence-corrected chi connectivity index (χ2v) is 5.05. The van der Waals surface area contributed by atoms with Crippen LogP contribution in [0.1, 0.15) is 5.69 Å². The molecular formula is C11H9BrCl2N2O. The van der Waals surface area contributed by atoms with Gasteiger partial charge in [0.05, 0.1) is 10.7 Å². The Hall–Kier alpha value is -0.550. The summed E-state index contributed by atoms with van der Waals surface area (Å²) >= 11 is 15.3. The average Bonchev–Trinajstić information content (AvgIpc) is 2.60. The Kier molecular flexibility index (Phi) is 4.09. The summed E-state index contributed by atoms with van der Waals surface area (Å²) in [6, 6.07) is 5.23. The molecule has 2 N–H and O–H groups in total. The van der Waals surface area contributed by atoms with Crippen LogP contribution in [0.2, 0.25) is 10.0 Å². The van der Waals surface area contributed by atoms with E-state index in [-0.39, 0.29) is 6.61 Å². The zero-order valence-corrected chi connectivity index (χ0v) is 11.8. The number of aliphatic hydroxyl groups is 1. The van der Waals surface area contributed by atoms with E-state index in [1.54, 1.807) is 18.2 Å². The van der Waals surface area contributed by atoms with Gasteiger partial charge >= 0.3 is 0 Å². The predicted octanol–water partition coefficient (Wildman–Crippen LogP) is 3.68. The molecule has 0 amide bonds. The highest BCUT2D eigenvalue weighted by Gasteiger charge is 2.11. The van der Waals surface area contributed by atoms with Gasteiger partial charge in [0.2, 0.25) is 0 Å². The lowest BCUT2D eigenvalue weighted by Gasteiger charge is -2.00. The molecule has 1 heterocycles. The molecule has 0 aliphatic carbocycles. The summed E-state index contributed by atoms with van der Waals surface area (Å²) in [6.45, 7) is 0.0641. The van der Waals surface area contributed by atoms with E-state index in [9.17, 15) is 0 Å². The van der Waals surface area contributed by atoms with Gasteiger partial charge in [-0.15, -0.1) is 0 Å². The van der Waals surface area contributed by atoms with Crippen molar-refractivity contribution in [1.29, 1.82) is 0 Å². The molecule has 0 aliphatic heterocycles. The topological polar surface area (TPSA) is 48.9 Å². The number of aromatic nitrogens is 2. The van der Waals surface area contributed by atoms with E-state index >= 15 is 0 Å². The molecule has 3 nitrogen and oxygen atoms in total. The molecule has 17 heavy (non-hydrogen) atoms. The molecule has 0 aliphatic rings. The molecule has 6 heteroatoms. The van der Waals surface area contributed by atoms with E-state index in [0.717, 1.165) is 11.3 Å². The van der Waals surface area contributed by atoms with Gasteiger partial charge in [-0.05, 0) is 34.1 Å². The number of nitrogens with zero attached hydrogens (tertiary/aromatic N) is 1. The Balaban J connectivity index is 2.42. The maximum Gasteiger partial charge on any atom is 0.140 e. The monoisotopic (exact) mass is 334 g/mol. The Morgan fingerprint density at radius 1 is 1.35 bits per heavy atom. The smallest absolute Gasteiger partial charge is 0.140 e. The quantitative estimate of drug-likeness (QED) is 0.898. The van der Waals surface area contributed by atoms with Gasteiger partial charge in [-0.25, -0.2) is 4.98 Å². The van der Waals surface area contributed by atoms with Crippen molar-refractivity contribution in [2.45, 2.75) is 6.42 Å². The zero-order valence-electron chi connectivity index (χ0n) is 8.67. The van der Waals surface area contributed by atoms with Crippen molar-refractivity contribution in [2.75, 3.05) is 6.61 Å². The molecule has 90 valence electrons. The first kappa shape index (κ1) is 12.9. The summed E-state index contributed by atoms with van der Waals surface area (Å²) in [5.41, 5.74) is 1.62. The van der Waals surface area contributed by atoms with Gasteiger partial charge in [-0.3, -0.25) is 0 Å². The molecular weight excluding hydrogens is 327 g/mol. The summed E-state index contributed by atoms with van der Waals surface area (Å²) in [6.07, 6.45) is 0.513. The molecule has 1 aromatic carbocycles. The summed E-state index contributed by atoms with van der Waals surface area (Å²) in [5.74, 6) is 0.655. The van der Waals surface area contributed by atoms with Crippen LogP contribution in [0.5, 0.6) is 0 Å². The predicted molar refractivity (Wildman–Crippen MR) is 72.5 cm³/mol. The van der Waals surface area contributed by atoms with Crippen molar-refractivity contribution in [1.82, 2.24) is 9.97 Å². The number of nitrogens with one attached hydrogen (secondary N) is 1. The number of rotatable bonds is 3. The average molecular weight is 336 g/mol. The van der Waals surface area contributed by atoms with Crippen LogP contribution in [-0.2, 0) is 6.42 Å². The number of benzene rings is 1. The van der Waals surface area contributed by atoms with Crippen LogP contribution in [0, 0.1) is 0 Å². The van der Waals surface area contributed by atoms with Gasteiger partial charge in [-0.2, -0.15) is 0 Å². The van der Waals surface area contributed by atoms with Crippen molar-refractivity contribution >= 4 is 39.1 Å². The van der Waals surface area contributed by atoms with Gasteiger partial charge in [-0.1, -0.05) is 23.2 Å². The van der Waals surface area contributed by atoms with E-state index in [4.69, 9.17) is 28.3 Å². The van der Waals surface area contributed by atoms with Gasteiger partial charge in [0.1, 0.15) is 10.4 Å². The van der Waals surface area contributed by atoms with Crippen molar-refractivity contribution < 1.29 is 5.11 Å². The number of hydrogen-bond donors (Lipinski definition) is 2. The lowest BCUT2D eigenvalue weighted by Crippen LogP contribution is -1.91. The molecule has 0 unspecified atom stereocenters. The van der Waals surface area contributed by atoms with Crippen LogP contribution >= 0.6 is 39.1 Å². The van der Waals surface area contributed by atoms with Crippen molar-refractivity contribution in [3.63, 3.8) is 0 Å². The first-order valence-electron chi connectivity index (χ1n) is 4.92. The van der Waals surface area contributed by atoms with E-state index in [0.29, 0.717) is 26.9 Å². The highest BCUT2D eigenvalue weighted by Crippen LogP contribution is 2.30. The van der Waals surface area contributed by atoms with Crippen LogP contribution < -0.4 is 0 Å². The maximum absolute atomic E-state index is 8.90. The Morgan fingerprint density at radius 2 is 2.12 bits per heavy atom. The molecule has 0 radical (unpaired) electrons. The minimum Gasteiger partial charge on any atom is -0.396 e. The molecule has 0 atom stereocenters. The SMILES string of the molecule is OCCc1[nH]c(-c2ccc(Cl)cc2Cl)nc1Br. The number of aliphatic hydroxyl groups excluding tert-OH is 1. The molecule has 2 rings (SSSR count). The third kappa shape index (κ3) is 2.83. The van der Waals surface area contributed by atoms with E-state index in [1.165, 1.54) is 0 Å². The van der Waals surface area contributed by atoms with Gasteiger partial charge < -0.3 is 10.1 Å². The number of imidazole rings is 1. The summed E-state index contributed by atoms with van der Waals surface area (Å²) < 4.78 is 0.688. The first-order chi connectivity index (χ1) is 8.11. The molecule has 1 aromatic heterocycles. The normalized spacial score (nSPS) is 10.8. The number of halogens is 3. The van der Waals surface area contributed by atoms with E-state index < -0.39 is 0 Å². The minimum atomic E-state index is 0.0641. The standard InChI is InChI=1S/C11H9BrCl2N2O/c12-10-9(3-4-17)15-11(16-10)7-2-1-6(13)5-8(7)14/h1-2,5,17H,3-4H2,(H,15,16). The number of H-pyrrole nitrogens is 1.